The summed E-state index contributed by atoms with van der Waals surface area (Å²) in [7, 11) is -2.93. The summed E-state index contributed by atoms with van der Waals surface area (Å²) in [5.41, 5.74) is 0.285. The number of hydrogen-bond donors (Lipinski definition) is 0. The van der Waals surface area contributed by atoms with E-state index in [1.54, 1.807) is 0 Å². The Kier molecular flexibility index (Phi) is 5.81. The Hall–Kier alpha value is -2.10. The van der Waals surface area contributed by atoms with Gasteiger partial charge in [0.25, 0.3) is 0 Å². The van der Waals surface area contributed by atoms with Crippen molar-refractivity contribution in [1.82, 2.24) is 0 Å². The maximum atomic E-state index is 13.1. The van der Waals surface area contributed by atoms with Crippen LogP contribution in [0.4, 0.5) is 9.18 Å². The van der Waals surface area contributed by atoms with Gasteiger partial charge >= 0.3 is 16.6 Å². The van der Waals surface area contributed by atoms with Gasteiger partial charge in [-0.25, -0.2) is 9.18 Å². The molecule has 124 valence electrons. The molecule has 1 amide bonds. The summed E-state index contributed by atoms with van der Waals surface area (Å²) in [5.74, 6) is -1.07. The number of carbonyl (C=O) groups excluding carboxylic acids is 2. The van der Waals surface area contributed by atoms with Crippen LogP contribution in [0.15, 0.2) is 45.2 Å². The predicted octanol–water partition coefficient (Wildman–Crippen LogP) is 4.03. The van der Waals surface area contributed by atoms with E-state index in [2.05, 4.69) is 25.0 Å². The summed E-state index contributed by atoms with van der Waals surface area (Å²) in [4.78, 5) is 23.6. The second-order valence-corrected chi connectivity index (χ2v) is 6.15. The van der Waals surface area contributed by atoms with Crippen molar-refractivity contribution < 1.29 is 27.1 Å². The lowest BCUT2D eigenvalue weighted by molar-refractivity contribution is 0.103. The van der Waals surface area contributed by atoms with E-state index in [9.17, 15) is 22.4 Å². The molecule has 0 saturated heterocycles. The number of ketones is 1. The van der Waals surface area contributed by atoms with Gasteiger partial charge in [-0.15, -0.1) is 0 Å². The van der Waals surface area contributed by atoms with Crippen molar-refractivity contribution in [2.45, 2.75) is 0 Å². The third kappa shape index (κ3) is 4.47. The minimum atomic E-state index is -2.93. The van der Waals surface area contributed by atoms with Crippen LogP contribution < -0.4 is 4.74 Å². The first-order valence-electron chi connectivity index (χ1n) is 6.10. The lowest BCUT2D eigenvalue weighted by Gasteiger charge is -2.07. The fourth-order valence-corrected chi connectivity index (χ4v) is 2.69. The van der Waals surface area contributed by atoms with Gasteiger partial charge in [-0.2, -0.15) is 8.42 Å². The molecule has 0 aromatic heterocycles. The number of carbonyl (C=O) groups is 2. The minimum Gasteiger partial charge on any atom is -0.408 e. The summed E-state index contributed by atoms with van der Waals surface area (Å²) < 4.78 is 41.2. The molecule has 0 unspecified atom stereocenters. The highest BCUT2D eigenvalue weighted by molar-refractivity contribution is 9.10. The summed E-state index contributed by atoms with van der Waals surface area (Å²) in [5, 5.41) is -0.0425. The van der Waals surface area contributed by atoms with Crippen molar-refractivity contribution in [1.29, 1.82) is 0 Å². The van der Waals surface area contributed by atoms with Crippen molar-refractivity contribution in [3.63, 3.8) is 0 Å². The lowest BCUT2D eigenvalue weighted by atomic mass is 10.0. The smallest absolute Gasteiger partial charge is 0.408 e. The third-order valence-electron chi connectivity index (χ3n) is 2.72. The van der Waals surface area contributed by atoms with Crippen LogP contribution in [0.3, 0.4) is 0 Å². The zero-order valence-corrected chi connectivity index (χ0v) is 14.7. The molecule has 2 rings (SSSR count). The first kappa shape index (κ1) is 18.2. The first-order chi connectivity index (χ1) is 11.3. The van der Waals surface area contributed by atoms with Crippen LogP contribution >= 0.6 is 27.5 Å². The molecule has 0 spiro atoms. The van der Waals surface area contributed by atoms with E-state index in [1.165, 1.54) is 24.3 Å². The van der Waals surface area contributed by atoms with E-state index in [-0.39, 0.29) is 26.4 Å². The fourth-order valence-electron chi connectivity index (χ4n) is 1.74. The minimum absolute atomic E-state index is 0.0252. The molecule has 0 aliphatic carbocycles. The van der Waals surface area contributed by atoms with Gasteiger partial charge in [-0.3, -0.25) is 4.79 Å². The fraction of sp³-hybridized carbons (Fsp3) is 0. The normalized spacial score (nSPS) is 10.1. The average molecular weight is 435 g/mol. The maximum Gasteiger partial charge on any atom is 0.454 e. The second kappa shape index (κ2) is 7.65. The van der Waals surface area contributed by atoms with Gasteiger partial charge < -0.3 is 4.74 Å². The SMILES string of the molecule is O=C(N=S(=O)=O)Oc1ccc(C(=O)c2ccc(F)cc2Cl)c(Br)c1. The Labute approximate surface area is 150 Å². The second-order valence-electron chi connectivity index (χ2n) is 4.27. The molecule has 0 heterocycles. The third-order valence-corrected chi connectivity index (χ3v) is 3.98. The van der Waals surface area contributed by atoms with Crippen LogP contribution in [-0.4, -0.2) is 20.3 Å². The van der Waals surface area contributed by atoms with Crippen LogP contribution in [-0.2, 0) is 10.5 Å². The number of halogens is 3. The number of nitrogens with zero attached hydrogens (tertiary/aromatic N) is 1. The summed E-state index contributed by atoms with van der Waals surface area (Å²) in [6, 6.07) is 7.27. The molecule has 0 aliphatic rings. The number of rotatable bonds is 3. The van der Waals surface area contributed by atoms with Gasteiger partial charge in [0.1, 0.15) is 11.6 Å². The van der Waals surface area contributed by atoms with E-state index >= 15 is 0 Å². The Bertz CT molecular complexity index is 969. The molecule has 0 fully saturated rings. The van der Waals surface area contributed by atoms with Crippen molar-refractivity contribution in [2.24, 2.45) is 4.36 Å². The van der Waals surface area contributed by atoms with Crippen molar-refractivity contribution >= 4 is 49.9 Å². The highest BCUT2D eigenvalue weighted by atomic mass is 79.9. The van der Waals surface area contributed by atoms with Crippen LogP contribution in [0.2, 0.25) is 5.02 Å². The highest BCUT2D eigenvalue weighted by Gasteiger charge is 2.17. The molecule has 24 heavy (non-hydrogen) atoms. The van der Waals surface area contributed by atoms with E-state index in [0.29, 0.717) is 0 Å². The van der Waals surface area contributed by atoms with Gasteiger partial charge in [0.05, 0.1) is 5.02 Å². The van der Waals surface area contributed by atoms with Crippen LogP contribution in [0, 0.1) is 5.82 Å². The number of hydrogen-bond acceptors (Lipinski definition) is 5. The molecule has 0 atom stereocenters. The van der Waals surface area contributed by atoms with Crippen molar-refractivity contribution in [3.05, 3.63) is 62.8 Å². The van der Waals surface area contributed by atoms with Gasteiger partial charge in [-0.1, -0.05) is 16.0 Å². The number of ether oxygens (including phenoxy) is 1. The largest absolute Gasteiger partial charge is 0.454 e. The van der Waals surface area contributed by atoms with E-state index in [0.717, 1.165) is 12.1 Å². The Morgan fingerprint density at radius 2 is 1.79 bits per heavy atom. The summed E-state index contributed by atoms with van der Waals surface area (Å²) in [6.45, 7) is 0. The van der Waals surface area contributed by atoms with Gasteiger partial charge in [-0.05, 0) is 52.3 Å². The van der Waals surface area contributed by atoms with Gasteiger partial charge in [0.2, 0.25) is 0 Å². The molecule has 0 radical (unpaired) electrons. The number of benzene rings is 2. The number of amides is 1. The van der Waals surface area contributed by atoms with Gasteiger partial charge in [0, 0.05) is 15.6 Å². The molecule has 0 saturated carbocycles. The van der Waals surface area contributed by atoms with Crippen molar-refractivity contribution in [3.8, 4) is 5.75 Å². The van der Waals surface area contributed by atoms with E-state index < -0.39 is 28.2 Å². The standard InChI is InChI=1S/C14H6BrClFNO5S/c15-11-6-8(23-14(20)18-24(21)22)2-4-9(11)13(19)10-3-1-7(17)5-12(10)16/h1-6H. The quantitative estimate of drug-likeness (QED) is 0.680. The van der Waals surface area contributed by atoms with Crippen LogP contribution in [0.1, 0.15) is 15.9 Å². The molecule has 0 N–H and O–H groups in total. The molecule has 0 bridgehead atoms. The molecule has 0 aliphatic heterocycles. The monoisotopic (exact) mass is 433 g/mol. The zero-order chi connectivity index (χ0) is 17.9. The first-order valence-corrected chi connectivity index (χ1v) is 8.30. The maximum absolute atomic E-state index is 13.1. The average Bonchev–Trinajstić information content (AvgIpc) is 2.45. The molecular weight excluding hydrogens is 429 g/mol. The molecule has 2 aromatic carbocycles. The van der Waals surface area contributed by atoms with Crippen molar-refractivity contribution in [2.75, 3.05) is 0 Å². The zero-order valence-electron chi connectivity index (χ0n) is 11.5. The van der Waals surface area contributed by atoms with Crippen LogP contribution in [0.25, 0.3) is 0 Å². The Balaban J connectivity index is 2.31. The summed E-state index contributed by atoms with van der Waals surface area (Å²) in [6.07, 6.45) is -1.32. The molecule has 6 nitrogen and oxygen atoms in total. The lowest BCUT2D eigenvalue weighted by Crippen LogP contribution is -2.05. The van der Waals surface area contributed by atoms with E-state index in [4.69, 9.17) is 11.6 Å². The van der Waals surface area contributed by atoms with Gasteiger partial charge in [0.15, 0.2) is 5.78 Å². The highest BCUT2D eigenvalue weighted by Crippen LogP contribution is 2.28. The van der Waals surface area contributed by atoms with E-state index in [1.807, 2.05) is 0 Å². The molecule has 2 aromatic rings. The van der Waals surface area contributed by atoms with Crippen LogP contribution in [0.5, 0.6) is 5.75 Å². The predicted molar refractivity (Wildman–Crippen MR) is 86.4 cm³/mol. The topological polar surface area (TPSA) is 89.9 Å². The summed E-state index contributed by atoms with van der Waals surface area (Å²) >= 11 is 9.00. The molecule has 10 heteroatoms. The Morgan fingerprint density at radius 1 is 1.12 bits per heavy atom. The molecular formula is C14H6BrClFNO5S. The Morgan fingerprint density at radius 3 is 2.38 bits per heavy atom.